The summed E-state index contributed by atoms with van der Waals surface area (Å²) in [5.41, 5.74) is 1.07. The zero-order valence-electron chi connectivity index (χ0n) is 9.25. The smallest absolute Gasteiger partial charge is 0.0693 e. The van der Waals surface area contributed by atoms with Crippen molar-refractivity contribution in [3.05, 3.63) is 28.5 Å². The lowest BCUT2D eigenvalue weighted by molar-refractivity contribution is 0.265. The minimum atomic E-state index is -0.137. The first kappa shape index (κ1) is 11.6. The lowest BCUT2D eigenvalue weighted by Gasteiger charge is -2.30. The quantitative estimate of drug-likeness (QED) is 0.824. The molecule has 84 valence electrons. The Labute approximate surface area is 105 Å². The van der Waals surface area contributed by atoms with E-state index in [1.807, 2.05) is 12.3 Å². The van der Waals surface area contributed by atoms with Gasteiger partial charge in [0.15, 0.2) is 0 Å². The fourth-order valence-corrected chi connectivity index (χ4v) is 2.86. The van der Waals surface area contributed by atoms with E-state index >= 15 is 0 Å². The number of nitrogens with zero attached hydrogens (tertiary/aromatic N) is 2. The van der Waals surface area contributed by atoms with Crippen LogP contribution in [0, 0.1) is 16.7 Å². The van der Waals surface area contributed by atoms with Gasteiger partial charge in [0.05, 0.1) is 11.5 Å². The number of pyridine rings is 1. The van der Waals surface area contributed by atoms with Crippen LogP contribution in [-0.4, -0.2) is 4.98 Å². The standard InChI is InChI=1S/C13H15BrN2/c14-12-9-16-7-4-11(12)8-13(10-15)5-2-1-3-6-13/h4,7,9H,1-3,5-6,8H2. The highest BCUT2D eigenvalue weighted by Gasteiger charge is 2.32. The van der Waals surface area contributed by atoms with Gasteiger partial charge in [0, 0.05) is 16.9 Å². The van der Waals surface area contributed by atoms with E-state index in [-0.39, 0.29) is 5.41 Å². The molecule has 0 spiro atoms. The molecule has 0 aliphatic heterocycles. The van der Waals surface area contributed by atoms with Crippen molar-refractivity contribution >= 4 is 15.9 Å². The Morgan fingerprint density at radius 1 is 1.38 bits per heavy atom. The fourth-order valence-electron chi connectivity index (χ4n) is 2.47. The molecule has 1 heterocycles. The number of hydrogen-bond donors (Lipinski definition) is 0. The maximum atomic E-state index is 9.41. The second kappa shape index (κ2) is 4.97. The van der Waals surface area contributed by atoms with E-state index in [2.05, 4.69) is 27.0 Å². The summed E-state index contributed by atoms with van der Waals surface area (Å²) in [5.74, 6) is 0. The van der Waals surface area contributed by atoms with Crippen molar-refractivity contribution in [2.24, 2.45) is 5.41 Å². The van der Waals surface area contributed by atoms with E-state index in [4.69, 9.17) is 0 Å². The molecule has 0 amide bonds. The zero-order valence-corrected chi connectivity index (χ0v) is 10.8. The second-order valence-electron chi connectivity index (χ2n) is 4.60. The first-order chi connectivity index (χ1) is 7.76. The first-order valence-electron chi connectivity index (χ1n) is 5.75. The van der Waals surface area contributed by atoms with Crippen LogP contribution in [-0.2, 0) is 6.42 Å². The van der Waals surface area contributed by atoms with Crippen molar-refractivity contribution in [3.63, 3.8) is 0 Å². The molecule has 16 heavy (non-hydrogen) atoms. The van der Waals surface area contributed by atoms with Gasteiger partial charge in [0.25, 0.3) is 0 Å². The number of nitriles is 1. The maximum absolute atomic E-state index is 9.41. The number of aromatic nitrogens is 1. The van der Waals surface area contributed by atoms with Crippen LogP contribution in [0.4, 0.5) is 0 Å². The van der Waals surface area contributed by atoms with Crippen molar-refractivity contribution in [1.29, 1.82) is 5.26 Å². The lowest BCUT2D eigenvalue weighted by Crippen LogP contribution is -2.25. The fraction of sp³-hybridized carbons (Fsp3) is 0.538. The van der Waals surface area contributed by atoms with E-state index < -0.39 is 0 Å². The van der Waals surface area contributed by atoms with Crippen LogP contribution in [0.5, 0.6) is 0 Å². The Morgan fingerprint density at radius 2 is 2.12 bits per heavy atom. The summed E-state index contributed by atoms with van der Waals surface area (Å²) in [6.07, 6.45) is 10.2. The minimum Gasteiger partial charge on any atom is -0.264 e. The summed E-state index contributed by atoms with van der Waals surface area (Å²) >= 11 is 3.50. The summed E-state index contributed by atoms with van der Waals surface area (Å²) in [4.78, 5) is 4.06. The monoisotopic (exact) mass is 278 g/mol. The van der Waals surface area contributed by atoms with Gasteiger partial charge in [0.1, 0.15) is 0 Å². The predicted molar refractivity (Wildman–Crippen MR) is 66.8 cm³/mol. The Balaban J connectivity index is 2.19. The summed E-state index contributed by atoms with van der Waals surface area (Å²) in [5, 5.41) is 9.41. The average Bonchev–Trinajstić information content (AvgIpc) is 2.33. The largest absolute Gasteiger partial charge is 0.264 e. The van der Waals surface area contributed by atoms with Gasteiger partial charge in [-0.25, -0.2) is 0 Å². The molecule has 2 nitrogen and oxygen atoms in total. The molecule has 2 rings (SSSR count). The molecule has 0 radical (unpaired) electrons. The molecular formula is C13H15BrN2. The van der Waals surface area contributed by atoms with E-state index in [0.717, 1.165) is 23.7 Å². The van der Waals surface area contributed by atoms with Crippen LogP contribution >= 0.6 is 15.9 Å². The van der Waals surface area contributed by atoms with Crippen molar-refractivity contribution in [1.82, 2.24) is 4.98 Å². The van der Waals surface area contributed by atoms with Crippen LogP contribution in [0.15, 0.2) is 22.9 Å². The zero-order chi connectivity index (χ0) is 11.4. The molecule has 1 aliphatic rings. The van der Waals surface area contributed by atoms with E-state index in [0.29, 0.717) is 0 Å². The van der Waals surface area contributed by atoms with Crippen molar-refractivity contribution in [3.8, 4) is 6.07 Å². The summed E-state index contributed by atoms with van der Waals surface area (Å²) < 4.78 is 1.02. The minimum absolute atomic E-state index is 0.137. The first-order valence-corrected chi connectivity index (χ1v) is 6.55. The van der Waals surface area contributed by atoms with Gasteiger partial charge in [-0.15, -0.1) is 0 Å². The normalized spacial score (nSPS) is 19.0. The molecule has 1 aromatic rings. The topological polar surface area (TPSA) is 36.7 Å². The van der Waals surface area contributed by atoms with E-state index in [9.17, 15) is 5.26 Å². The predicted octanol–water partition coefficient (Wildman–Crippen LogP) is 3.86. The van der Waals surface area contributed by atoms with Gasteiger partial charge in [0.2, 0.25) is 0 Å². The van der Waals surface area contributed by atoms with Crippen LogP contribution in [0.1, 0.15) is 37.7 Å². The molecule has 1 aliphatic carbocycles. The molecule has 0 N–H and O–H groups in total. The Hall–Kier alpha value is -0.880. The number of rotatable bonds is 2. The molecule has 0 atom stereocenters. The van der Waals surface area contributed by atoms with Crippen LogP contribution in [0.2, 0.25) is 0 Å². The number of halogens is 1. The maximum Gasteiger partial charge on any atom is 0.0693 e. The summed E-state index contributed by atoms with van der Waals surface area (Å²) in [6, 6.07) is 4.56. The highest BCUT2D eigenvalue weighted by molar-refractivity contribution is 9.10. The molecule has 1 aromatic heterocycles. The third-order valence-electron chi connectivity index (χ3n) is 3.43. The van der Waals surface area contributed by atoms with E-state index in [1.54, 1.807) is 6.20 Å². The van der Waals surface area contributed by atoms with Crippen molar-refractivity contribution < 1.29 is 0 Å². The highest BCUT2D eigenvalue weighted by atomic mass is 79.9. The van der Waals surface area contributed by atoms with Crippen LogP contribution < -0.4 is 0 Å². The van der Waals surface area contributed by atoms with Gasteiger partial charge < -0.3 is 0 Å². The molecule has 0 unspecified atom stereocenters. The third-order valence-corrected chi connectivity index (χ3v) is 4.15. The molecule has 1 fully saturated rings. The van der Waals surface area contributed by atoms with Gasteiger partial charge in [-0.3, -0.25) is 4.98 Å². The Bertz CT molecular complexity index is 403. The summed E-state index contributed by atoms with van der Waals surface area (Å²) in [6.45, 7) is 0. The Kier molecular flexibility index (Phi) is 3.60. The molecule has 1 saturated carbocycles. The highest BCUT2D eigenvalue weighted by Crippen LogP contribution is 2.39. The van der Waals surface area contributed by atoms with Crippen LogP contribution in [0.25, 0.3) is 0 Å². The summed E-state index contributed by atoms with van der Waals surface area (Å²) in [7, 11) is 0. The second-order valence-corrected chi connectivity index (χ2v) is 5.45. The molecular weight excluding hydrogens is 264 g/mol. The molecule has 0 bridgehead atoms. The van der Waals surface area contributed by atoms with Gasteiger partial charge in [-0.2, -0.15) is 5.26 Å². The number of hydrogen-bond acceptors (Lipinski definition) is 2. The molecule has 3 heteroatoms. The SMILES string of the molecule is N#CC1(Cc2ccncc2Br)CCCCC1. The van der Waals surface area contributed by atoms with Gasteiger partial charge in [-0.1, -0.05) is 19.3 Å². The van der Waals surface area contributed by atoms with Gasteiger partial charge >= 0.3 is 0 Å². The van der Waals surface area contributed by atoms with Gasteiger partial charge in [-0.05, 0) is 46.8 Å². The third kappa shape index (κ3) is 2.44. The Morgan fingerprint density at radius 3 is 2.75 bits per heavy atom. The van der Waals surface area contributed by atoms with Crippen molar-refractivity contribution in [2.45, 2.75) is 38.5 Å². The van der Waals surface area contributed by atoms with Crippen LogP contribution in [0.3, 0.4) is 0 Å². The van der Waals surface area contributed by atoms with Crippen molar-refractivity contribution in [2.75, 3.05) is 0 Å². The average molecular weight is 279 g/mol. The lowest BCUT2D eigenvalue weighted by atomic mass is 9.71. The molecule has 0 aromatic carbocycles. The van der Waals surface area contributed by atoms with E-state index in [1.165, 1.54) is 24.8 Å². The molecule has 0 saturated heterocycles.